The highest BCUT2D eigenvalue weighted by atomic mass is 19.4. The molecular formula is C6H8F3NO. The van der Waals surface area contributed by atoms with Crippen LogP contribution in [0, 0.1) is 0 Å². The van der Waals surface area contributed by atoms with E-state index in [1.54, 1.807) is 0 Å². The fourth-order valence-corrected chi connectivity index (χ4v) is 0.391. The summed E-state index contributed by atoms with van der Waals surface area (Å²) in [6.07, 6.45) is -4.62. The van der Waals surface area contributed by atoms with Gasteiger partial charge in [-0.15, -0.1) is 0 Å². The summed E-state index contributed by atoms with van der Waals surface area (Å²) in [5, 5.41) is 0. The van der Waals surface area contributed by atoms with Gasteiger partial charge in [0, 0.05) is 14.1 Å². The van der Waals surface area contributed by atoms with Crippen LogP contribution in [-0.4, -0.2) is 31.1 Å². The number of nitrogens with zero attached hydrogens (tertiary/aromatic N) is 1. The molecule has 0 aliphatic carbocycles. The molecule has 0 spiro atoms. The molecule has 0 heterocycles. The normalized spacial score (nSPS) is 11.0. The third kappa shape index (κ3) is 2.61. The molecule has 0 unspecified atom stereocenters. The third-order valence-corrected chi connectivity index (χ3v) is 1.01. The van der Waals surface area contributed by atoms with Crippen LogP contribution in [0.4, 0.5) is 13.2 Å². The van der Waals surface area contributed by atoms with Gasteiger partial charge in [-0.25, -0.2) is 0 Å². The van der Waals surface area contributed by atoms with Crippen molar-refractivity contribution < 1.29 is 18.0 Å². The Bertz CT molecular complexity index is 183. The van der Waals surface area contributed by atoms with E-state index in [1.165, 1.54) is 14.1 Å². The molecule has 0 fully saturated rings. The molecule has 0 aromatic rings. The van der Waals surface area contributed by atoms with Crippen molar-refractivity contribution in [1.29, 1.82) is 0 Å². The molecule has 11 heavy (non-hydrogen) atoms. The number of halogens is 3. The summed E-state index contributed by atoms with van der Waals surface area (Å²) in [5.74, 6) is -1.11. The first-order valence-electron chi connectivity index (χ1n) is 2.74. The van der Waals surface area contributed by atoms with E-state index in [4.69, 9.17) is 0 Å². The molecule has 0 aromatic heterocycles. The Morgan fingerprint density at radius 3 is 1.82 bits per heavy atom. The molecule has 0 radical (unpaired) electrons. The van der Waals surface area contributed by atoms with Crippen molar-refractivity contribution in [3.63, 3.8) is 0 Å². The fraction of sp³-hybridized carbons (Fsp3) is 0.500. The summed E-state index contributed by atoms with van der Waals surface area (Å²) in [6, 6.07) is 0. The number of alkyl halides is 3. The van der Waals surface area contributed by atoms with Gasteiger partial charge in [0.2, 0.25) is 0 Å². The molecule has 0 aliphatic heterocycles. The number of hydrogen-bond donors (Lipinski definition) is 0. The maximum absolute atomic E-state index is 11.7. The second-order valence-electron chi connectivity index (χ2n) is 2.18. The molecule has 0 bridgehead atoms. The summed E-state index contributed by atoms with van der Waals surface area (Å²) < 4.78 is 35.1. The first kappa shape index (κ1) is 10.0. The molecule has 2 nitrogen and oxygen atoms in total. The number of rotatable bonds is 1. The number of carbonyl (C=O) groups is 1. The highest BCUT2D eigenvalue weighted by Gasteiger charge is 2.37. The third-order valence-electron chi connectivity index (χ3n) is 1.01. The zero-order valence-corrected chi connectivity index (χ0v) is 6.20. The van der Waals surface area contributed by atoms with E-state index in [0.717, 1.165) is 4.90 Å². The molecule has 0 saturated carbocycles. The summed E-state index contributed by atoms with van der Waals surface area (Å²) in [4.78, 5) is 11.4. The number of carbonyl (C=O) groups excluding carboxylic acids is 1. The minimum absolute atomic E-state index is 0.829. The Morgan fingerprint density at radius 2 is 1.73 bits per heavy atom. The van der Waals surface area contributed by atoms with Crippen LogP contribution < -0.4 is 0 Å². The van der Waals surface area contributed by atoms with Gasteiger partial charge in [0.15, 0.2) is 0 Å². The zero-order valence-electron chi connectivity index (χ0n) is 6.20. The van der Waals surface area contributed by atoms with Crippen LogP contribution in [0.2, 0.25) is 0 Å². The molecular weight excluding hydrogens is 159 g/mol. The van der Waals surface area contributed by atoms with E-state index in [1.807, 2.05) is 0 Å². The molecule has 0 atom stereocenters. The Morgan fingerprint density at radius 1 is 1.36 bits per heavy atom. The van der Waals surface area contributed by atoms with Gasteiger partial charge in [-0.2, -0.15) is 13.2 Å². The van der Waals surface area contributed by atoms with Crippen molar-refractivity contribution in [3.05, 3.63) is 12.2 Å². The minimum Gasteiger partial charge on any atom is -0.345 e. The van der Waals surface area contributed by atoms with Crippen LogP contribution in [0.5, 0.6) is 0 Å². The van der Waals surface area contributed by atoms with E-state index in [9.17, 15) is 18.0 Å². The van der Waals surface area contributed by atoms with Crippen LogP contribution in [-0.2, 0) is 4.79 Å². The molecule has 0 aliphatic rings. The molecule has 0 aromatic carbocycles. The number of amides is 1. The minimum atomic E-state index is -4.62. The van der Waals surface area contributed by atoms with E-state index in [0.29, 0.717) is 0 Å². The summed E-state index contributed by atoms with van der Waals surface area (Å²) in [5.41, 5.74) is -1.34. The first-order valence-corrected chi connectivity index (χ1v) is 2.74. The van der Waals surface area contributed by atoms with Gasteiger partial charge in [-0.1, -0.05) is 6.58 Å². The average molecular weight is 167 g/mol. The van der Waals surface area contributed by atoms with Gasteiger partial charge < -0.3 is 4.90 Å². The Hall–Kier alpha value is -1.00. The second kappa shape index (κ2) is 2.94. The maximum Gasteiger partial charge on any atom is 0.421 e. The van der Waals surface area contributed by atoms with Crippen LogP contribution in [0.1, 0.15) is 0 Å². The number of hydrogen-bond acceptors (Lipinski definition) is 1. The van der Waals surface area contributed by atoms with Gasteiger partial charge in [0.1, 0.15) is 5.57 Å². The Kier molecular flexibility index (Phi) is 2.67. The lowest BCUT2D eigenvalue weighted by Crippen LogP contribution is -2.30. The van der Waals surface area contributed by atoms with E-state index in [2.05, 4.69) is 6.58 Å². The van der Waals surface area contributed by atoms with Crippen LogP contribution in [0.15, 0.2) is 12.2 Å². The monoisotopic (exact) mass is 167 g/mol. The lowest BCUT2D eigenvalue weighted by molar-refractivity contribution is -0.137. The van der Waals surface area contributed by atoms with Crippen molar-refractivity contribution >= 4 is 5.91 Å². The predicted molar refractivity (Wildman–Crippen MR) is 33.9 cm³/mol. The molecule has 64 valence electrons. The van der Waals surface area contributed by atoms with Gasteiger partial charge in [-0.3, -0.25) is 4.79 Å². The lowest BCUT2D eigenvalue weighted by Gasteiger charge is -2.14. The van der Waals surface area contributed by atoms with Crippen LogP contribution in [0.25, 0.3) is 0 Å². The van der Waals surface area contributed by atoms with Gasteiger partial charge >= 0.3 is 6.18 Å². The van der Waals surface area contributed by atoms with Crippen molar-refractivity contribution in [2.45, 2.75) is 6.18 Å². The molecule has 0 saturated heterocycles. The smallest absolute Gasteiger partial charge is 0.345 e. The van der Waals surface area contributed by atoms with Gasteiger partial charge in [0.05, 0.1) is 0 Å². The highest BCUT2D eigenvalue weighted by molar-refractivity contribution is 5.93. The highest BCUT2D eigenvalue weighted by Crippen LogP contribution is 2.24. The molecule has 5 heteroatoms. The zero-order chi connectivity index (χ0) is 9.23. The van der Waals surface area contributed by atoms with Gasteiger partial charge in [0.25, 0.3) is 5.91 Å². The summed E-state index contributed by atoms with van der Waals surface area (Å²) in [7, 11) is 2.47. The van der Waals surface area contributed by atoms with Crippen molar-refractivity contribution in [2.24, 2.45) is 0 Å². The van der Waals surface area contributed by atoms with Crippen molar-refractivity contribution in [1.82, 2.24) is 4.90 Å². The molecule has 0 N–H and O–H groups in total. The van der Waals surface area contributed by atoms with Crippen LogP contribution >= 0.6 is 0 Å². The van der Waals surface area contributed by atoms with E-state index in [-0.39, 0.29) is 0 Å². The summed E-state index contributed by atoms with van der Waals surface area (Å²) in [6.45, 7) is 2.63. The maximum atomic E-state index is 11.7. The SMILES string of the molecule is C=C(C(=O)N(C)C)C(F)(F)F. The van der Waals surface area contributed by atoms with E-state index >= 15 is 0 Å². The average Bonchev–Trinajstić information content (AvgIpc) is 1.82. The first-order chi connectivity index (χ1) is 4.76. The van der Waals surface area contributed by atoms with Gasteiger partial charge in [-0.05, 0) is 0 Å². The van der Waals surface area contributed by atoms with Crippen molar-refractivity contribution in [3.8, 4) is 0 Å². The van der Waals surface area contributed by atoms with Crippen molar-refractivity contribution in [2.75, 3.05) is 14.1 Å². The quantitative estimate of drug-likeness (QED) is 0.537. The largest absolute Gasteiger partial charge is 0.421 e. The lowest BCUT2D eigenvalue weighted by atomic mass is 10.3. The van der Waals surface area contributed by atoms with Crippen LogP contribution in [0.3, 0.4) is 0 Å². The Balaban J connectivity index is 4.40. The molecule has 1 amide bonds. The topological polar surface area (TPSA) is 20.3 Å². The standard InChI is InChI=1S/C6H8F3NO/c1-4(6(7,8)9)5(11)10(2)3/h1H2,2-3H3. The molecule has 0 rings (SSSR count). The van der Waals surface area contributed by atoms with E-state index < -0.39 is 17.7 Å². The second-order valence-corrected chi connectivity index (χ2v) is 2.18. The number of likely N-dealkylation sites (N-methyl/N-ethyl adjacent to an activating group) is 1. The summed E-state index contributed by atoms with van der Waals surface area (Å²) >= 11 is 0. The fourth-order valence-electron chi connectivity index (χ4n) is 0.391. The Labute approximate surface area is 62.3 Å². The predicted octanol–water partition coefficient (Wildman–Crippen LogP) is 1.19.